The summed E-state index contributed by atoms with van der Waals surface area (Å²) in [6.45, 7) is 4.84. The number of thioether (sulfide) groups is 1. The van der Waals surface area contributed by atoms with Gasteiger partial charge in [0, 0.05) is 18.1 Å². The molecule has 25 heavy (non-hydrogen) atoms. The maximum absolute atomic E-state index is 13.2. The highest BCUT2D eigenvalue weighted by atomic mass is 32.2. The molecule has 0 heterocycles. The van der Waals surface area contributed by atoms with Crippen LogP contribution in [0.25, 0.3) is 0 Å². The Morgan fingerprint density at radius 2 is 1.76 bits per heavy atom. The molecule has 1 N–H and O–H groups in total. The van der Waals surface area contributed by atoms with Crippen molar-refractivity contribution >= 4 is 17.7 Å². The Balaban J connectivity index is 1.53. The minimum absolute atomic E-state index is 0.0596. The molecule has 1 aliphatic rings. The van der Waals surface area contributed by atoms with Gasteiger partial charge in [0.25, 0.3) is 0 Å². The lowest BCUT2D eigenvalue weighted by Gasteiger charge is -2.20. The number of hydrogen-bond donors (Lipinski definition) is 1. The molecular formula is C21H24FNOS. The van der Waals surface area contributed by atoms with E-state index in [4.69, 9.17) is 0 Å². The summed E-state index contributed by atoms with van der Waals surface area (Å²) in [6, 6.07) is 16.7. The molecule has 0 radical (unpaired) electrons. The average molecular weight is 357 g/mol. The molecule has 1 amide bonds. The van der Waals surface area contributed by atoms with Gasteiger partial charge in [-0.2, -0.15) is 11.8 Å². The molecule has 3 rings (SSSR count). The number of halogens is 1. The summed E-state index contributed by atoms with van der Waals surface area (Å²) in [4.78, 5) is 12.8. The van der Waals surface area contributed by atoms with Crippen LogP contribution in [0.4, 0.5) is 4.39 Å². The third-order valence-corrected chi connectivity index (χ3v) is 6.14. The summed E-state index contributed by atoms with van der Waals surface area (Å²) in [5, 5.41) is 3.09. The number of rotatable bonds is 7. The molecule has 132 valence electrons. The van der Waals surface area contributed by atoms with Crippen LogP contribution in [-0.4, -0.2) is 18.2 Å². The Hall–Kier alpha value is -1.81. The summed E-state index contributed by atoms with van der Waals surface area (Å²) in [5.41, 5.74) is 1.59. The number of amides is 1. The molecule has 0 aromatic heterocycles. The van der Waals surface area contributed by atoms with Gasteiger partial charge in [0.1, 0.15) is 5.82 Å². The van der Waals surface area contributed by atoms with Gasteiger partial charge in [-0.1, -0.05) is 56.3 Å². The summed E-state index contributed by atoms with van der Waals surface area (Å²) in [7, 11) is 0. The zero-order chi connectivity index (χ0) is 17.9. The van der Waals surface area contributed by atoms with Crippen LogP contribution in [0.3, 0.4) is 0 Å². The monoisotopic (exact) mass is 357 g/mol. The first-order valence-corrected chi connectivity index (χ1v) is 9.77. The van der Waals surface area contributed by atoms with E-state index in [1.807, 2.05) is 30.0 Å². The topological polar surface area (TPSA) is 29.1 Å². The minimum Gasteiger partial charge on any atom is -0.354 e. The molecule has 0 spiro atoms. The van der Waals surface area contributed by atoms with Crippen molar-refractivity contribution < 1.29 is 9.18 Å². The van der Waals surface area contributed by atoms with Crippen LogP contribution < -0.4 is 5.32 Å². The lowest BCUT2D eigenvalue weighted by molar-refractivity contribution is -0.124. The highest BCUT2D eigenvalue weighted by molar-refractivity contribution is 7.98. The van der Waals surface area contributed by atoms with Gasteiger partial charge in [-0.05, 0) is 35.1 Å². The molecule has 2 aromatic carbocycles. The first-order chi connectivity index (χ1) is 12.0. The average Bonchev–Trinajstić information content (AvgIpc) is 3.20. The standard InChI is InChI=1S/C21H24FNOS/c1-20(2)15-21(20,17-8-10-18(22)11-9-17)19(24)23-12-13-25-14-16-6-4-3-5-7-16/h3-11H,12-15H2,1-2H3,(H,23,24)/t21-/m1/s1. The first-order valence-electron chi connectivity index (χ1n) is 8.62. The fourth-order valence-corrected chi connectivity index (χ4v) is 4.34. The van der Waals surface area contributed by atoms with E-state index in [1.165, 1.54) is 17.7 Å². The molecule has 0 aliphatic heterocycles. The smallest absolute Gasteiger partial charge is 0.231 e. The van der Waals surface area contributed by atoms with Gasteiger partial charge in [-0.3, -0.25) is 4.79 Å². The SMILES string of the molecule is CC1(C)C[C@]1(C(=O)NCCSCc1ccccc1)c1ccc(F)cc1. The second-order valence-corrected chi connectivity index (χ2v) is 8.37. The van der Waals surface area contributed by atoms with E-state index in [1.54, 1.807) is 12.1 Å². The predicted molar refractivity (Wildman–Crippen MR) is 102 cm³/mol. The van der Waals surface area contributed by atoms with Crippen molar-refractivity contribution in [3.63, 3.8) is 0 Å². The van der Waals surface area contributed by atoms with Gasteiger partial charge in [-0.25, -0.2) is 4.39 Å². The fourth-order valence-electron chi connectivity index (χ4n) is 3.52. The van der Waals surface area contributed by atoms with Gasteiger partial charge in [0.15, 0.2) is 0 Å². The van der Waals surface area contributed by atoms with E-state index in [2.05, 4.69) is 31.3 Å². The second kappa shape index (κ2) is 7.20. The fraction of sp³-hybridized carbons (Fsp3) is 0.381. The van der Waals surface area contributed by atoms with Gasteiger partial charge in [-0.15, -0.1) is 0 Å². The maximum Gasteiger partial charge on any atom is 0.231 e. The number of carbonyl (C=O) groups is 1. The predicted octanol–water partition coefficient (Wildman–Crippen LogP) is 4.54. The van der Waals surface area contributed by atoms with Crippen molar-refractivity contribution in [3.05, 3.63) is 71.5 Å². The van der Waals surface area contributed by atoms with Gasteiger partial charge in [0.05, 0.1) is 5.41 Å². The van der Waals surface area contributed by atoms with Crippen LogP contribution in [0.15, 0.2) is 54.6 Å². The Morgan fingerprint density at radius 1 is 1.12 bits per heavy atom. The Morgan fingerprint density at radius 3 is 2.36 bits per heavy atom. The van der Waals surface area contributed by atoms with Gasteiger partial charge >= 0.3 is 0 Å². The van der Waals surface area contributed by atoms with Crippen LogP contribution >= 0.6 is 11.8 Å². The molecule has 2 nitrogen and oxygen atoms in total. The largest absolute Gasteiger partial charge is 0.354 e. The van der Waals surface area contributed by atoms with E-state index in [-0.39, 0.29) is 17.1 Å². The lowest BCUT2D eigenvalue weighted by atomic mass is 9.87. The van der Waals surface area contributed by atoms with Crippen molar-refractivity contribution in [2.75, 3.05) is 12.3 Å². The molecule has 1 atom stereocenters. The number of nitrogens with one attached hydrogen (secondary N) is 1. The van der Waals surface area contributed by atoms with Crippen LogP contribution in [0, 0.1) is 11.2 Å². The first kappa shape index (κ1) is 18.0. The summed E-state index contributed by atoms with van der Waals surface area (Å²) in [5.74, 6) is 1.62. The number of hydrogen-bond acceptors (Lipinski definition) is 2. The van der Waals surface area contributed by atoms with E-state index >= 15 is 0 Å². The van der Waals surface area contributed by atoms with Crippen LogP contribution in [0.2, 0.25) is 0 Å². The summed E-state index contributed by atoms with van der Waals surface area (Å²) < 4.78 is 13.2. The van der Waals surface area contributed by atoms with Gasteiger partial charge in [0.2, 0.25) is 5.91 Å². The van der Waals surface area contributed by atoms with Crippen molar-refractivity contribution in [2.45, 2.75) is 31.4 Å². The molecule has 1 saturated carbocycles. The van der Waals surface area contributed by atoms with E-state index in [0.717, 1.165) is 23.5 Å². The van der Waals surface area contributed by atoms with Crippen LogP contribution in [0.5, 0.6) is 0 Å². The summed E-state index contributed by atoms with van der Waals surface area (Å²) >= 11 is 1.81. The normalized spacial score (nSPS) is 20.9. The van der Waals surface area contributed by atoms with Crippen molar-refractivity contribution in [1.29, 1.82) is 0 Å². The van der Waals surface area contributed by atoms with E-state index in [0.29, 0.717) is 6.54 Å². The molecule has 1 aliphatic carbocycles. The zero-order valence-electron chi connectivity index (χ0n) is 14.7. The zero-order valence-corrected chi connectivity index (χ0v) is 15.5. The Bertz CT molecular complexity index is 729. The summed E-state index contributed by atoms with van der Waals surface area (Å²) in [6.07, 6.45) is 0.800. The van der Waals surface area contributed by atoms with Crippen LogP contribution in [0.1, 0.15) is 31.4 Å². The van der Waals surface area contributed by atoms with Gasteiger partial charge < -0.3 is 5.32 Å². The third-order valence-electron chi connectivity index (χ3n) is 5.11. The Kier molecular flexibility index (Phi) is 5.19. The maximum atomic E-state index is 13.2. The van der Waals surface area contributed by atoms with E-state index in [9.17, 15) is 9.18 Å². The highest BCUT2D eigenvalue weighted by Crippen LogP contribution is 2.64. The minimum atomic E-state index is -0.523. The van der Waals surface area contributed by atoms with Crippen molar-refractivity contribution in [1.82, 2.24) is 5.32 Å². The third kappa shape index (κ3) is 3.74. The molecular weight excluding hydrogens is 333 g/mol. The second-order valence-electron chi connectivity index (χ2n) is 7.27. The molecule has 4 heteroatoms. The highest BCUT2D eigenvalue weighted by Gasteiger charge is 2.66. The lowest BCUT2D eigenvalue weighted by Crippen LogP contribution is -2.38. The van der Waals surface area contributed by atoms with Crippen molar-refractivity contribution in [3.8, 4) is 0 Å². The molecule has 2 aromatic rings. The van der Waals surface area contributed by atoms with Crippen LogP contribution in [-0.2, 0) is 16.0 Å². The molecule has 0 bridgehead atoms. The molecule has 1 fully saturated rings. The number of benzene rings is 2. The molecule has 0 unspecified atom stereocenters. The van der Waals surface area contributed by atoms with Crippen molar-refractivity contribution in [2.24, 2.45) is 5.41 Å². The van der Waals surface area contributed by atoms with E-state index < -0.39 is 5.41 Å². The molecule has 0 saturated heterocycles. The number of carbonyl (C=O) groups excluding carboxylic acids is 1. The Labute approximate surface area is 153 Å². The quantitative estimate of drug-likeness (QED) is 0.737.